The molecule has 0 radical (unpaired) electrons. The summed E-state index contributed by atoms with van der Waals surface area (Å²) in [5.74, 6) is 0.562. The Hall–Kier alpha value is -1.38. The lowest BCUT2D eigenvalue weighted by Gasteiger charge is -1.97. The van der Waals surface area contributed by atoms with Crippen LogP contribution in [0.5, 0.6) is 0 Å². The van der Waals surface area contributed by atoms with Crippen molar-refractivity contribution in [3.63, 3.8) is 0 Å². The van der Waals surface area contributed by atoms with Crippen molar-refractivity contribution in [2.24, 2.45) is 9.98 Å². The number of aliphatic imine (C=N–C) groups is 2. The molecule has 0 bridgehead atoms. The predicted molar refractivity (Wildman–Crippen MR) is 45.4 cm³/mol. The van der Waals surface area contributed by atoms with Crippen LogP contribution in [0.25, 0.3) is 0 Å². The summed E-state index contributed by atoms with van der Waals surface area (Å²) in [7, 11) is 0. The van der Waals surface area contributed by atoms with Gasteiger partial charge in [0, 0.05) is 6.54 Å². The van der Waals surface area contributed by atoms with E-state index in [1.165, 1.54) is 6.34 Å². The molecule has 0 aromatic rings. The fourth-order valence-corrected chi connectivity index (χ4v) is 0.346. The first-order valence-corrected chi connectivity index (χ1v) is 2.83. The van der Waals surface area contributed by atoms with E-state index in [1.54, 1.807) is 6.08 Å². The third kappa shape index (κ3) is 4.77. The van der Waals surface area contributed by atoms with E-state index in [9.17, 15) is 0 Å². The zero-order valence-corrected chi connectivity index (χ0v) is 5.88. The maximum atomic E-state index is 3.77. The lowest BCUT2D eigenvalue weighted by Crippen LogP contribution is -2.09. The number of hydrogen-bond donors (Lipinski definition) is 1. The Balaban J connectivity index is 3.52. The Morgan fingerprint density at radius 2 is 2.30 bits per heavy atom. The lowest BCUT2D eigenvalue weighted by atomic mass is 10.6. The van der Waals surface area contributed by atoms with Gasteiger partial charge in [0.25, 0.3) is 0 Å². The Bertz CT molecular complexity index is 158. The lowest BCUT2D eigenvalue weighted by molar-refractivity contribution is 0.896. The maximum absolute atomic E-state index is 3.77. The molecule has 0 unspecified atom stereocenters. The van der Waals surface area contributed by atoms with Crippen LogP contribution in [0.3, 0.4) is 0 Å². The summed E-state index contributed by atoms with van der Waals surface area (Å²) in [6, 6.07) is 0. The highest BCUT2D eigenvalue weighted by molar-refractivity contribution is 5.62. The zero-order chi connectivity index (χ0) is 7.82. The second-order valence-corrected chi connectivity index (χ2v) is 1.54. The SMILES string of the molecule is C=CCNC(=C)/N=C\N=C. The fourth-order valence-electron chi connectivity index (χ4n) is 0.346. The van der Waals surface area contributed by atoms with Gasteiger partial charge in [0.05, 0.1) is 0 Å². The topological polar surface area (TPSA) is 36.8 Å². The average molecular weight is 137 g/mol. The summed E-state index contributed by atoms with van der Waals surface area (Å²) in [5, 5.41) is 2.87. The molecular formula is C7H11N3. The Morgan fingerprint density at radius 1 is 1.60 bits per heavy atom. The highest BCUT2D eigenvalue weighted by Gasteiger charge is 1.80. The van der Waals surface area contributed by atoms with Crippen molar-refractivity contribution in [2.75, 3.05) is 6.54 Å². The smallest absolute Gasteiger partial charge is 0.120 e. The van der Waals surface area contributed by atoms with Crippen molar-refractivity contribution in [2.45, 2.75) is 0 Å². The summed E-state index contributed by atoms with van der Waals surface area (Å²) in [6.07, 6.45) is 3.06. The van der Waals surface area contributed by atoms with Crippen molar-refractivity contribution in [3.8, 4) is 0 Å². The van der Waals surface area contributed by atoms with Crippen LogP contribution in [0.15, 0.2) is 35.0 Å². The minimum Gasteiger partial charge on any atom is -0.367 e. The third-order valence-corrected chi connectivity index (χ3v) is 0.746. The van der Waals surface area contributed by atoms with Gasteiger partial charge in [0.2, 0.25) is 0 Å². The van der Waals surface area contributed by atoms with Crippen molar-refractivity contribution >= 4 is 13.1 Å². The first-order valence-electron chi connectivity index (χ1n) is 2.83. The first-order chi connectivity index (χ1) is 4.81. The molecule has 0 saturated carbocycles. The van der Waals surface area contributed by atoms with Crippen LogP contribution in [0, 0.1) is 0 Å². The van der Waals surface area contributed by atoms with E-state index in [0.29, 0.717) is 12.4 Å². The fraction of sp³-hybridized carbons (Fsp3) is 0.143. The molecule has 0 fully saturated rings. The van der Waals surface area contributed by atoms with E-state index in [2.05, 4.69) is 35.2 Å². The second kappa shape index (κ2) is 5.75. The molecule has 0 saturated heterocycles. The highest BCUT2D eigenvalue weighted by Crippen LogP contribution is 1.82. The molecule has 3 heteroatoms. The van der Waals surface area contributed by atoms with Gasteiger partial charge in [-0.2, -0.15) is 0 Å². The van der Waals surface area contributed by atoms with Crippen molar-refractivity contribution < 1.29 is 0 Å². The molecule has 3 nitrogen and oxygen atoms in total. The minimum atomic E-state index is 0.562. The van der Waals surface area contributed by atoms with Gasteiger partial charge in [-0.05, 0) is 6.72 Å². The van der Waals surface area contributed by atoms with E-state index in [1.807, 2.05) is 0 Å². The van der Waals surface area contributed by atoms with Gasteiger partial charge in [-0.15, -0.1) is 6.58 Å². The molecule has 0 aliphatic heterocycles. The quantitative estimate of drug-likeness (QED) is 0.342. The molecule has 0 rings (SSSR count). The van der Waals surface area contributed by atoms with Crippen LogP contribution in [-0.4, -0.2) is 19.6 Å². The standard InChI is InChI=1S/C7H11N3/c1-4-5-9-7(2)10-6-8-3/h4,6,9H,1-3,5H2/b10-6-. The van der Waals surface area contributed by atoms with Crippen molar-refractivity contribution in [1.82, 2.24) is 5.32 Å². The van der Waals surface area contributed by atoms with E-state index in [0.717, 1.165) is 0 Å². The largest absolute Gasteiger partial charge is 0.367 e. The predicted octanol–water partition coefficient (Wildman–Crippen LogP) is 0.962. The molecule has 0 aliphatic rings. The number of rotatable bonds is 5. The zero-order valence-electron chi connectivity index (χ0n) is 5.88. The molecule has 0 aromatic heterocycles. The number of nitrogens with zero attached hydrogens (tertiary/aromatic N) is 2. The van der Waals surface area contributed by atoms with E-state index >= 15 is 0 Å². The molecule has 1 N–H and O–H groups in total. The normalized spacial score (nSPS) is 9.20. The summed E-state index contributed by atoms with van der Waals surface area (Å²) >= 11 is 0. The Kier molecular flexibility index (Phi) is 4.96. The number of hydrogen-bond acceptors (Lipinski definition) is 2. The van der Waals surface area contributed by atoms with E-state index < -0.39 is 0 Å². The van der Waals surface area contributed by atoms with Crippen LogP contribution in [0.1, 0.15) is 0 Å². The van der Waals surface area contributed by atoms with Gasteiger partial charge in [0.1, 0.15) is 12.2 Å². The molecule has 0 heterocycles. The molecule has 0 aromatic carbocycles. The van der Waals surface area contributed by atoms with Crippen LogP contribution < -0.4 is 5.32 Å². The van der Waals surface area contributed by atoms with Gasteiger partial charge in [-0.3, -0.25) is 4.99 Å². The van der Waals surface area contributed by atoms with Gasteiger partial charge in [-0.25, -0.2) is 4.99 Å². The van der Waals surface area contributed by atoms with Gasteiger partial charge in [-0.1, -0.05) is 12.7 Å². The monoisotopic (exact) mass is 137 g/mol. The molecule has 0 atom stereocenters. The molecule has 0 aliphatic carbocycles. The van der Waals surface area contributed by atoms with E-state index in [4.69, 9.17) is 0 Å². The minimum absolute atomic E-state index is 0.562. The van der Waals surface area contributed by atoms with Crippen molar-refractivity contribution in [3.05, 3.63) is 25.1 Å². The molecule has 54 valence electrons. The average Bonchev–Trinajstić information content (AvgIpc) is 1.97. The van der Waals surface area contributed by atoms with Crippen LogP contribution in [0.4, 0.5) is 0 Å². The maximum Gasteiger partial charge on any atom is 0.120 e. The van der Waals surface area contributed by atoms with Crippen LogP contribution >= 0.6 is 0 Å². The van der Waals surface area contributed by atoms with Crippen LogP contribution in [0.2, 0.25) is 0 Å². The van der Waals surface area contributed by atoms with Gasteiger partial charge < -0.3 is 5.32 Å². The van der Waals surface area contributed by atoms with Gasteiger partial charge >= 0.3 is 0 Å². The molecular weight excluding hydrogens is 126 g/mol. The highest BCUT2D eigenvalue weighted by atomic mass is 15.0. The first kappa shape index (κ1) is 8.62. The Morgan fingerprint density at radius 3 is 2.80 bits per heavy atom. The molecule has 0 amide bonds. The summed E-state index contributed by atoms with van der Waals surface area (Å²) in [5.41, 5.74) is 0. The summed E-state index contributed by atoms with van der Waals surface area (Å²) in [6.45, 7) is 11.0. The van der Waals surface area contributed by atoms with Crippen molar-refractivity contribution in [1.29, 1.82) is 0 Å². The van der Waals surface area contributed by atoms with E-state index in [-0.39, 0.29) is 0 Å². The summed E-state index contributed by atoms with van der Waals surface area (Å²) < 4.78 is 0. The summed E-state index contributed by atoms with van der Waals surface area (Å²) in [4.78, 5) is 7.19. The molecule has 10 heavy (non-hydrogen) atoms. The Labute approximate surface area is 60.9 Å². The van der Waals surface area contributed by atoms with Crippen LogP contribution in [-0.2, 0) is 0 Å². The molecule has 0 spiro atoms. The second-order valence-electron chi connectivity index (χ2n) is 1.54. The third-order valence-electron chi connectivity index (χ3n) is 0.746. The number of nitrogens with one attached hydrogen (secondary N) is 1. The van der Waals surface area contributed by atoms with Gasteiger partial charge in [0.15, 0.2) is 0 Å².